The number of hydrogen-bond donors (Lipinski definition) is 2. The molecule has 1 aromatic carbocycles. The Morgan fingerprint density at radius 2 is 1.74 bits per heavy atom. The van der Waals surface area contributed by atoms with E-state index in [0.717, 1.165) is 0 Å². The van der Waals surface area contributed by atoms with Crippen molar-refractivity contribution in [3.63, 3.8) is 0 Å². The lowest BCUT2D eigenvalue weighted by Crippen LogP contribution is -2.40. The quantitative estimate of drug-likeness (QED) is 0.836. The number of alkyl halides is 1. The number of rotatable bonds is 4. The van der Waals surface area contributed by atoms with E-state index in [4.69, 9.17) is 0 Å². The van der Waals surface area contributed by atoms with Crippen LogP contribution in [0.25, 0.3) is 0 Å². The van der Waals surface area contributed by atoms with Gasteiger partial charge in [0.2, 0.25) is 5.91 Å². The first kappa shape index (κ1) is 15.7. The summed E-state index contributed by atoms with van der Waals surface area (Å²) in [6.07, 6.45) is 0.423. The van der Waals surface area contributed by atoms with Crippen LogP contribution >= 0.6 is 15.9 Å². The molecule has 1 aromatic rings. The molecular formula is C14H19BrN2O2. The Bertz CT molecular complexity index is 450. The van der Waals surface area contributed by atoms with Gasteiger partial charge in [0.25, 0.3) is 5.91 Å². The summed E-state index contributed by atoms with van der Waals surface area (Å²) >= 11 is 3.21. The Morgan fingerprint density at radius 1 is 1.16 bits per heavy atom. The lowest BCUT2D eigenvalue weighted by molar-refractivity contribution is -0.115. The van der Waals surface area contributed by atoms with Gasteiger partial charge >= 0.3 is 0 Å². The van der Waals surface area contributed by atoms with Gasteiger partial charge in [-0.25, -0.2) is 0 Å². The monoisotopic (exact) mass is 326 g/mol. The third-order valence-electron chi connectivity index (χ3n) is 2.24. The van der Waals surface area contributed by atoms with Gasteiger partial charge in [0.15, 0.2) is 0 Å². The van der Waals surface area contributed by atoms with Crippen molar-refractivity contribution < 1.29 is 9.59 Å². The van der Waals surface area contributed by atoms with Crippen molar-refractivity contribution >= 4 is 33.4 Å². The highest BCUT2D eigenvalue weighted by Gasteiger charge is 2.15. The topological polar surface area (TPSA) is 58.2 Å². The third kappa shape index (κ3) is 5.87. The number of benzene rings is 1. The van der Waals surface area contributed by atoms with Crippen LogP contribution in [0, 0.1) is 0 Å². The van der Waals surface area contributed by atoms with E-state index in [1.54, 1.807) is 24.3 Å². The molecule has 0 aliphatic carbocycles. The summed E-state index contributed by atoms with van der Waals surface area (Å²) in [7, 11) is 0. The Labute approximate surface area is 122 Å². The number of halogens is 1. The number of hydrogen-bond acceptors (Lipinski definition) is 2. The molecule has 0 saturated heterocycles. The van der Waals surface area contributed by atoms with Gasteiger partial charge in [0.1, 0.15) is 0 Å². The van der Waals surface area contributed by atoms with Crippen LogP contribution in [-0.2, 0) is 4.79 Å². The van der Waals surface area contributed by atoms with Crippen LogP contribution in [0.1, 0.15) is 37.6 Å². The fourth-order valence-electron chi connectivity index (χ4n) is 1.43. The Morgan fingerprint density at radius 3 is 2.21 bits per heavy atom. The van der Waals surface area contributed by atoms with Crippen molar-refractivity contribution in [1.82, 2.24) is 5.32 Å². The van der Waals surface area contributed by atoms with E-state index in [1.807, 2.05) is 20.8 Å². The van der Waals surface area contributed by atoms with E-state index in [0.29, 0.717) is 23.0 Å². The van der Waals surface area contributed by atoms with E-state index in [1.165, 1.54) is 0 Å². The summed E-state index contributed by atoms with van der Waals surface area (Å²) in [6.45, 7) is 5.79. The van der Waals surface area contributed by atoms with Crippen LogP contribution in [0.3, 0.4) is 0 Å². The molecule has 2 amide bonds. The number of carbonyl (C=O) groups is 2. The van der Waals surface area contributed by atoms with Crippen molar-refractivity contribution in [2.24, 2.45) is 0 Å². The maximum atomic E-state index is 11.9. The van der Waals surface area contributed by atoms with Gasteiger partial charge in [-0.15, -0.1) is 0 Å². The lowest BCUT2D eigenvalue weighted by Gasteiger charge is -2.20. The molecule has 0 aromatic heterocycles. The van der Waals surface area contributed by atoms with Crippen LogP contribution in [0.5, 0.6) is 0 Å². The molecule has 2 N–H and O–H groups in total. The summed E-state index contributed by atoms with van der Waals surface area (Å²) in [5.41, 5.74) is 1.01. The second kappa shape index (κ2) is 6.70. The second-order valence-corrected chi connectivity index (χ2v) is 6.06. The average Bonchev–Trinajstić information content (AvgIpc) is 2.27. The zero-order valence-corrected chi connectivity index (χ0v) is 13.0. The first-order chi connectivity index (χ1) is 8.81. The predicted octanol–water partition coefficient (Wildman–Crippen LogP) is 2.94. The number of anilines is 1. The highest BCUT2D eigenvalue weighted by molar-refractivity contribution is 9.09. The maximum absolute atomic E-state index is 11.9. The largest absolute Gasteiger partial charge is 0.347 e. The first-order valence-corrected chi connectivity index (χ1v) is 7.22. The average molecular weight is 327 g/mol. The molecule has 0 heterocycles. The molecule has 0 fully saturated rings. The Kier molecular flexibility index (Phi) is 5.54. The van der Waals surface area contributed by atoms with E-state index in [2.05, 4.69) is 26.6 Å². The van der Waals surface area contributed by atoms with Crippen molar-refractivity contribution in [1.29, 1.82) is 0 Å². The summed E-state index contributed by atoms with van der Waals surface area (Å²) in [5.74, 6) is -0.172. The van der Waals surface area contributed by atoms with E-state index in [9.17, 15) is 9.59 Å². The predicted molar refractivity (Wildman–Crippen MR) is 80.7 cm³/mol. The third-order valence-corrected chi connectivity index (χ3v) is 2.64. The highest BCUT2D eigenvalue weighted by Crippen LogP contribution is 2.11. The molecule has 0 saturated carbocycles. The van der Waals surface area contributed by atoms with Gasteiger partial charge in [-0.2, -0.15) is 0 Å². The molecule has 1 rings (SSSR count). The summed E-state index contributed by atoms with van der Waals surface area (Å²) in [4.78, 5) is 23.3. The molecule has 0 atom stereocenters. The van der Waals surface area contributed by atoms with Gasteiger partial charge in [0.05, 0.1) is 0 Å². The van der Waals surface area contributed by atoms with Crippen LogP contribution in [0.2, 0.25) is 0 Å². The first-order valence-electron chi connectivity index (χ1n) is 6.10. The molecule has 0 unspecified atom stereocenters. The summed E-state index contributed by atoms with van der Waals surface area (Å²) in [5, 5.41) is 6.27. The normalized spacial score (nSPS) is 10.9. The van der Waals surface area contributed by atoms with Crippen molar-refractivity contribution in [2.45, 2.75) is 32.7 Å². The van der Waals surface area contributed by atoms with Crippen LogP contribution in [0.4, 0.5) is 5.69 Å². The molecule has 104 valence electrons. The van der Waals surface area contributed by atoms with Crippen molar-refractivity contribution in [3.8, 4) is 0 Å². The fourth-order valence-corrected chi connectivity index (χ4v) is 1.79. The van der Waals surface area contributed by atoms with Gasteiger partial charge in [-0.1, -0.05) is 15.9 Å². The molecule has 19 heavy (non-hydrogen) atoms. The van der Waals surface area contributed by atoms with E-state index >= 15 is 0 Å². The minimum Gasteiger partial charge on any atom is -0.347 e. The lowest BCUT2D eigenvalue weighted by atomic mass is 10.1. The van der Waals surface area contributed by atoms with Crippen LogP contribution in [0.15, 0.2) is 24.3 Å². The molecule has 5 heteroatoms. The Hall–Kier alpha value is -1.36. The number of carbonyl (C=O) groups excluding carboxylic acids is 2. The molecule has 0 aliphatic heterocycles. The summed E-state index contributed by atoms with van der Waals surface area (Å²) in [6, 6.07) is 6.85. The van der Waals surface area contributed by atoms with E-state index < -0.39 is 0 Å². The fraction of sp³-hybridized carbons (Fsp3) is 0.429. The molecular weight excluding hydrogens is 308 g/mol. The van der Waals surface area contributed by atoms with Crippen LogP contribution in [-0.4, -0.2) is 22.7 Å². The smallest absolute Gasteiger partial charge is 0.251 e. The van der Waals surface area contributed by atoms with Crippen molar-refractivity contribution in [2.75, 3.05) is 10.6 Å². The highest BCUT2D eigenvalue weighted by atomic mass is 79.9. The van der Waals surface area contributed by atoms with Gasteiger partial charge < -0.3 is 10.6 Å². The van der Waals surface area contributed by atoms with Gasteiger partial charge in [-0.3, -0.25) is 9.59 Å². The summed E-state index contributed by atoms with van der Waals surface area (Å²) < 4.78 is 0. The van der Waals surface area contributed by atoms with Gasteiger partial charge in [0, 0.05) is 28.5 Å². The minimum atomic E-state index is -0.264. The molecule has 0 spiro atoms. The van der Waals surface area contributed by atoms with Crippen molar-refractivity contribution in [3.05, 3.63) is 29.8 Å². The molecule has 0 radical (unpaired) electrons. The standard InChI is InChI=1S/C14H19BrN2O2/c1-14(2,3)17-13(19)10-4-6-11(7-5-10)16-12(18)8-9-15/h4-7H,8-9H2,1-3H3,(H,16,18)(H,17,19). The number of nitrogens with one attached hydrogen (secondary N) is 2. The number of amides is 2. The maximum Gasteiger partial charge on any atom is 0.251 e. The van der Waals surface area contributed by atoms with Gasteiger partial charge in [-0.05, 0) is 45.0 Å². The second-order valence-electron chi connectivity index (χ2n) is 5.27. The SMILES string of the molecule is CC(C)(C)NC(=O)c1ccc(NC(=O)CCBr)cc1. The van der Waals surface area contributed by atoms with Crippen LogP contribution < -0.4 is 10.6 Å². The minimum absolute atomic E-state index is 0.0521. The zero-order valence-electron chi connectivity index (χ0n) is 11.4. The molecule has 4 nitrogen and oxygen atoms in total. The zero-order chi connectivity index (χ0) is 14.5. The molecule has 0 aliphatic rings. The Balaban J connectivity index is 2.66. The molecule has 0 bridgehead atoms. The van der Waals surface area contributed by atoms with E-state index in [-0.39, 0.29) is 17.4 Å².